The molecule has 0 saturated carbocycles. The van der Waals surface area contributed by atoms with Crippen molar-refractivity contribution in [2.24, 2.45) is 0 Å². The summed E-state index contributed by atoms with van der Waals surface area (Å²) in [6.07, 6.45) is -9.20. The number of benzene rings is 2. The number of halogens is 17. The van der Waals surface area contributed by atoms with Gasteiger partial charge in [-0.05, 0) is 77.6 Å². The van der Waals surface area contributed by atoms with Crippen LogP contribution in [0.4, 0.5) is 57.1 Å². The molecular weight excluding hydrogens is 983 g/mol. The van der Waals surface area contributed by atoms with Gasteiger partial charge in [0.15, 0.2) is 6.29 Å². The maximum absolute atomic E-state index is 14.6. The van der Waals surface area contributed by atoms with Crippen LogP contribution >= 0.6 is 63.7 Å². The van der Waals surface area contributed by atoms with Gasteiger partial charge >= 0.3 is 30.4 Å². The highest BCUT2D eigenvalue weighted by molar-refractivity contribution is 9.13. The standard InChI is InChI=1S/C22H14Br4F6N2O4.C2HF5.C2H5F.CH3F/c1-4-33(3)17(36)10-8-7(5-35)13(23)14(24)11-9(8)12(16(26)15(10)25)19(38)34(18(11)37)6-21(29,30)22(31,32)20(2,27)28;3-1(4)2(5,6)7;1-2-3;1-2/h5H,4,6H2,1-3H3;1H;2H2,1H3;1H3. The molecule has 0 saturated heterocycles. The van der Waals surface area contributed by atoms with Crippen LogP contribution in [0.1, 0.15) is 62.2 Å². The van der Waals surface area contributed by atoms with Gasteiger partial charge in [0.1, 0.15) is 0 Å². The van der Waals surface area contributed by atoms with E-state index in [-0.39, 0.29) is 57.9 Å². The van der Waals surface area contributed by atoms with E-state index in [1.807, 2.05) is 0 Å². The van der Waals surface area contributed by atoms with Crippen LogP contribution in [0.2, 0.25) is 0 Å². The Hall–Kier alpha value is -2.01. The number of imide groups is 1. The Morgan fingerprint density at radius 2 is 1.20 bits per heavy atom. The minimum Gasteiger partial charge on any atom is -0.342 e. The highest BCUT2D eigenvalue weighted by atomic mass is 79.9. The van der Waals surface area contributed by atoms with Gasteiger partial charge in [-0.1, -0.05) is 0 Å². The Kier molecular flexibility index (Phi) is 17.4. The van der Waals surface area contributed by atoms with E-state index in [1.54, 1.807) is 6.92 Å². The van der Waals surface area contributed by atoms with Gasteiger partial charge in [-0.3, -0.25) is 32.9 Å². The Labute approximate surface area is 308 Å². The molecule has 0 radical (unpaired) electrons. The van der Waals surface area contributed by atoms with Crippen LogP contribution in [0.3, 0.4) is 0 Å². The molecule has 0 aliphatic carbocycles. The van der Waals surface area contributed by atoms with E-state index in [9.17, 15) is 76.3 Å². The molecule has 50 heavy (non-hydrogen) atoms. The smallest absolute Gasteiger partial charge is 0.342 e. The molecule has 0 N–H and O–H groups in total. The normalized spacial score (nSPS) is 13.2. The van der Waals surface area contributed by atoms with E-state index < -0.39 is 72.7 Å². The van der Waals surface area contributed by atoms with E-state index in [2.05, 4.69) is 63.7 Å². The summed E-state index contributed by atoms with van der Waals surface area (Å²) in [4.78, 5) is 53.1. The fourth-order valence-corrected chi connectivity index (χ4v) is 6.03. The Morgan fingerprint density at radius 1 is 0.820 bits per heavy atom. The van der Waals surface area contributed by atoms with Crippen LogP contribution in [0.5, 0.6) is 0 Å². The van der Waals surface area contributed by atoms with Crippen molar-refractivity contribution in [3.05, 3.63) is 40.1 Å². The van der Waals surface area contributed by atoms with E-state index in [0.29, 0.717) is 13.5 Å². The number of carbonyl (C=O) groups is 4. The molecule has 3 amide bonds. The molecular formula is C27H23Br4F13N2O4. The number of rotatable bonds is 7. The van der Waals surface area contributed by atoms with Crippen LogP contribution in [-0.2, 0) is 0 Å². The minimum absolute atomic E-state index is 0.103. The highest BCUT2D eigenvalue weighted by Gasteiger charge is 2.70. The molecule has 1 heterocycles. The predicted octanol–water partition coefficient (Wildman–Crippen LogP) is 10.7. The summed E-state index contributed by atoms with van der Waals surface area (Å²) in [6, 6.07) is 0. The number of hydrogen-bond acceptors (Lipinski definition) is 4. The lowest BCUT2D eigenvalue weighted by molar-refractivity contribution is -0.303. The van der Waals surface area contributed by atoms with Crippen LogP contribution in [0, 0.1) is 0 Å². The first-order valence-electron chi connectivity index (χ1n) is 13.0. The van der Waals surface area contributed by atoms with Crippen LogP contribution in [0.25, 0.3) is 10.8 Å². The van der Waals surface area contributed by atoms with Crippen molar-refractivity contribution in [3.63, 3.8) is 0 Å². The van der Waals surface area contributed by atoms with Crippen LogP contribution in [0.15, 0.2) is 17.9 Å². The molecule has 23 heteroatoms. The second kappa shape index (κ2) is 18.2. The molecule has 1 aliphatic heterocycles. The average Bonchev–Trinajstić information content (AvgIpc) is 3.00. The first-order chi connectivity index (χ1) is 22.6. The SMILES string of the molecule is CCF.CCN(C)C(=O)c1c(Br)c(Br)c2c3c(c(Br)c(Br)c(C=O)c13)C(=O)N(CC(F)(F)C(F)(F)C(C)(F)F)C2=O.CF.FC(F)C(F)(F)F. The number of amides is 3. The van der Waals surface area contributed by atoms with Gasteiger partial charge in [0.05, 0.1) is 37.1 Å². The van der Waals surface area contributed by atoms with Crippen molar-refractivity contribution in [2.45, 2.75) is 51.1 Å². The quantitative estimate of drug-likeness (QED) is 0.157. The molecule has 3 rings (SSSR count). The number of hydrogen-bond donors (Lipinski definition) is 0. The minimum atomic E-state index is -5.92. The highest BCUT2D eigenvalue weighted by Crippen LogP contribution is 2.50. The number of alkyl halides is 13. The van der Waals surface area contributed by atoms with Gasteiger partial charge in [-0.25, -0.2) is 8.78 Å². The van der Waals surface area contributed by atoms with E-state index in [1.165, 1.54) is 18.9 Å². The van der Waals surface area contributed by atoms with Gasteiger partial charge in [0, 0.05) is 54.7 Å². The molecule has 1 aliphatic rings. The Balaban J connectivity index is 0.00000173. The van der Waals surface area contributed by atoms with Gasteiger partial charge < -0.3 is 4.90 Å². The fourth-order valence-electron chi connectivity index (χ4n) is 3.83. The third-order valence-electron chi connectivity index (χ3n) is 6.24. The average molecular weight is 1010 g/mol. The largest absolute Gasteiger partial charge is 0.450 e. The van der Waals surface area contributed by atoms with E-state index in [0.717, 1.165) is 0 Å². The maximum Gasteiger partial charge on any atom is 0.450 e. The predicted molar refractivity (Wildman–Crippen MR) is 169 cm³/mol. The zero-order valence-electron chi connectivity index (χ0n) is 25.7. The molecule has 0 bridgehead atoms. The lowest BCUT2D eigenvalue weighted by atomic mass is 9.88. The second-order valence-electron chi connectivity index (χ2n) is 9.46. The van der Waals surface area contributed by atoms with Crippen LogP contribution < -0.4 is 0 Å². The van der Waals surface area contributed by atoms with E-state index >= 15 is 0 Å². The van der Waals surface area contributed by atoms with Crippen molar-refractivity contribution in [3.8, 4) is 0 Å². The molecule has 0 unspecified atom stereocenters. The Morgan fingerprint density at radius 3 is 1.52 bits per heavy atom. The molecule has 0 atom stereocenters. The summed E-state index contributed by atoms with van der Waals surface area (Å²) in [5.41, 5.74) is -1.41. The van der Waals surface area contributed by atoms with Crippen molar-refractivity contribution in [2.75, 3.05) is 34.0 Å². The lowest BCUT2D eigenvalue weighted by Crippen LogP contribution is -2.59. The first-order valence-corrected chi connectivity index (χ1v) is 16.2. The Bertz CT molecular complexity index is 1580. The summed E-state index contributed by atoms with van der Waals surface area (Å²) < 4.78 is 155. The third kappa shape index (κ3) is 9.50. The third-order valence-corrected chi connectivity index (χ3v) is 10.5. The van der Waals surface area contributed by atoms with Crippen molar-refractivity contribution >= 4 is 98.5 Å². The summed E-state index contributed by atoms with van der Waals surface area (Å²) in [6.45, 7) is 0.278. The van der Waals surface area contributed by atoms with Gasteiger partial charge in [-0.15, -0.1) is 0 Å². The molecule has 0 spiro atoms. The summed E-state index contributed by atoms with van der Waals surface area (Å²) in [5.74, 6) is -20.4. The number of nitrogens with zero attached hydrogens (tertiary/aromatic N) is 2. The second-order valence-corrected chi connectivity index (χ2v) is 12.6. The topological polar surface area (TPSA) is 74.8 Å². The van der Waals surface area contributed by atoms with Crippen molar-refractivity contribution < 1.29 is 76.3 Å². The summed E-state index contributed by atoms with van der Waals surface area (Å²) in [5, 5.41) is -0.494. The van der Waals surface area contributed by atoms with Gasteiger partial charge in [0.25, 0.3) is 17.7 Å². The molecule has 2 aromatic carbocycles. The van der Waals surface area contributed by atoms with E-state index in [4.69, 9.17) is 0 Å². The molecule has 0 fully saturated rings. The van der Waals surface area contributed by atoms with Crippen LogP contribution in [-0.4, -0.2) is 98.2 Å². The van der Waals surface area contributed by atoms with Gasteiger partial charge in [-0.2, -0.15) is 39.5 Å². The molecule has 284 valence electrons. The molecule has 0 aromatic heterocycles. The van der Waals surface area contributed by atoms with Crippen molar-refractivity contribution in [1.29, 1.82) is 0 Å². The zero-order valence-corrected chi connectivity index (χ0v) is 32.1. The molecule has 6 nitrogen and oxygen atoms in total. The fraction of sp³-hybridized carbons (Fsp3) is 0.481. The van der Waals surface area contributed by atoms with Crippen molar-refractivity contribution in [1.82, 2.24) is 9.80 Å². The lowest BCUT2D eigenvalue weighted by Gasteiger charge is -2.36. The number of aldehydes is 1. The monoisotopic (exact) mass is 1000 g/mol. The first kappa shape index (κ1) is 48.0. The maximum atomic E-state index is 14.6. The summed E-state index contributed by atoms with van der Waals surface area (Å²) >= 11 is 12.4. The van der Waals surface area contributed by atoms with Gasteiger partial charge in [0.2, 0.25) is 0 Å². The molecule has 2 aromatic rings. The number of carbonyl (C=O) groups excluding carboxylic acids is 4. The summed E-state index contributed by atoms with van der Waals surface area (Å²) in [7, 11) is 1.94. The zero-order chi connectivity index (χ0) is 40.1.